The molecule has 0 aromatic carbocycles. The molecule has 0 aromatic heterocycles. The summed E-state index contributed by atoms with van der Waals surface area (Å²) in [6.45, 7) is 10.5. The van der Waals surface area contributed by atoms with Crippen molar-refractivity contribution in [3.8, 4) is 0 Å². The van der Waals surface area contributed by atoms with E-state index in [0.717, 1.165) is 6.54 Å². The van der Waals surface area contributed by atoms with Crippen LogP contribution in [0.3, 0.4) is 0 Å². The molecule has 15 heavy (non-hydrogen) atoms. The molecule has 0 saturated heterocycles. The predicted octanol–water partition coefficient (Wildman–Crippen LogP) is 2.74. The van der Waals surface area contributed by atoms with Gasteiger partial charge in [-0.1, -0.05) is 33.6 Å². The number of nitrogens with one attached hydrogen (secondary N) is 1. The summed E-state index contributed by atoms with van der Waals surface area (Å²) < 4.78 is 0. The van der Waals surface area contributed by atoms with Gasteiger partial charge in [0.2, 0.25) is 0 Å². The van der Waals surface area contributed by atoms with E-state index in [1.54, 1.807) is 0 Å². The minimum absolute atomic E-state index is 0.431. The molecule has 0 rings (SSSR count). The van der Waals surface area contributed by atoms with Gasteiger partial charge in [-0.15, -0.1) is 0 Å². The van der Waals surface area contributed by atoms with Crippen molar-refractivity contribution in [2.45, 2.75) is 46.5 Å². The van der Waals surface area contributed by atoms with Crippen molar-refractivity contribution in [3.63, 3.8) is 0 Å². The van der Waals surface area contributed by atoms with Crippen LogP contribution in [0.1, 0.15) is 46.5 Å². The maximum Gasteiger partial charge on any atom is 0.00270 e. The van der Waals surface area contributed by atoms with Gasteiger partial charge < -0.3 is 10.2 Å². The van der Waals surface area contributed by atoms with Crippen molar-refractivity contribution in [1.29, 1.82) is 0 Å². The van der Waals surface area contributed by atoms with Crippen LogP contribution >= 0.6 is 0 Å². The molecule has 0 aromatic rings. The summed E-state index contributed by atoms with van der Waals surface area (Å²) in [7, 11) is 4.26. The summed E-state index contributed by atoms with van der Waals surface area (Å²) in [6.07, 6.45) is 5.40. The highest BCUT2D eigenvalue weighted by Crippen LogP contribution is 2.14. The number of rotatable bonds is 8. The molecular formula is C13H30N2. The molecule has 0 aliphatic heterocycles. The van der Waals surface area contributed by atoms with Crippen LogP contribution in [0.5, 0.6) is 0 Å². The highest BCUT2D eigenvalue weighted by molar-refractivity contribution is 4.66. The van der Waals surface area contributed by atoms with E-state index < -0.39 is 0 Å². The van der Waals surface area contributed by atoms with Crippen LogP contribution in [0.2, 0.25) is 0 Å². The Kier molecular flexibility index (Phi) is 8.07. The second kappa shape index (κ2) is 8.12. The zero-order valence-electron chi connectivity index (χ0n) is 11.4. The summed E-state index contributed by atoms with van der Waals surface area (Å²) >= 11 is 0. The fourth-order valence-electron chi connectivity index (χ4n) is 1.93. The molecule has 0 amide bonds. The average Bonchev–Trinajstić information content (AvgIpc) is 2.08. The Morgan fingerprint density at radius 1 is 1.00 bits per heavy atom. The lowest BCUT2D eigenvalue weighted by atomic mass is 9.96. The summed E-state index contributed by atoms with van der Waals surface area (Å²) in [5.41, 5.74) is 0.431. The second-order valence-corrected chi connectivity index (χ2v) is 5.82. The van der Waals surface area contributed by atoms with Crippen LogP contribution < -0.4 is 5.32 Å². The Labute approximate surface area is 96.4 Å². The summed E-state index contributed by atoms with van der Waals surface area (Å²) in [5, 5.41) is 3.19. The first-order valence-electron chi connectivity index (χ1n) is 6.29. The van der Waals surface area contributed by atoms with Crippen molar-refractivity contribution >= 4 is 0 Å². The van der Waals surface area contributed by atoms with Crippen LogP contribution in [-0.4, -0.2) is 38.6 Å². The number of unbranched alkanes of at least 4 members (excludes halogenated alkanes) is 3. The van der Waals surface area contributed by atoms with Crippen LogP contribution in [0.25, 0.3) is 0 Å². The molecular weight excluding hydrogens is 184 g/mol. The smallest absolute Gasteiger partial charge is 0.00270 e. The van der Waals surface area contributed by atoms with Gasteiger partial charge in [0.25, 0.3) is 0 Å². The minimum Gasteiger partial charge on any atom is -0.320 e. The third kappa shape index (κ3) is 11.8. The quantitative estimate of drug-likeness (QED) is 0.625. The lowest BCUT2D eigenvalue weighted by molar-refractivity contribution is 0.223. The van der Waals surface area contributed by atoms with Gasteiger partial charge in [0, 0.05) is 6.54 Å². The molecule has 0 bridgehead atoms. The first kappa shape index (κ1) is 14.9. The molecule has 0 atom stereocenters. The van der Waals surface area contributed by atoms with Gasteiger partial charge in [-0.2, -0.15) is 0 Å². The summed E-state index contributed by atoms with van der Waals surface area (Å²) in [5.74, 6) is 0. The molecule has 0 heterocycles. The fourth-order valence-corrected chi connectivity index (χ4v) is 1.93. The molecule has 0 aliphatic carbocycles. The summed E-state index contributed by atoms with van der Waals surface area (Å²) in [6, 6.07) is 0. The van der Waals surface area contributed by atoms with E-state index in [4.69, 9.17) is 0 Å². The molecule has 0 aliphatic rings. The summed E-state index contributed by atoms with van der Waals surface area (Å²) in [4.78, 5) is 2.46. The van der Waals surface area contributed by atoms with Crippen LogP contribution in [0.15, 0.2) is 0 Å². The van der Waals surface area contributed by atoms with Crippen molar-refractivity contribution < 1.29 is 0 Å². The number of hydrogen-bond acceptors (Lipinski definition) is 2. The van der Waals surface area contributed by atoms with Crippen LogP contribution in [0, 0.1) is 5.41 Å². The molecule has 1 N–H and O–H groups in total. The van der Waals surface area contributed by atoms with E-state index >= 15 is 0 Å². The van der Waals surface area contributed by atoms with Gasteiger partial charge in [0.15, 0.2) is 0 Å². The SMILES string of the molecule is CNCCCCCCN(C)CC(C)(C)C. The van der Waals surface area contributed by atoms with Gasteiger partial charge in [-0.25, -0.2) is 0 Å². The van der Waals surface area contributed by atoms with Gasteiger partial charge in [-0.3, -0.25) is 0 Å². The fraction of sp³-hybridized carbons (Fsp3) is 1.00. The number of nitrogens with zero attached hydrogens (tertiary/aromatic N) is 1. The molecule has 2 nitrogen and oxygen atoms in total. The molecule has 92 valence electrons. The van der Waals surface area contributed by atoms with Crippen molar-refractivity contribution in [2.75, 3.05) is 33.7 Å². The first-order chi connectivity index (χ1) is 6.95. The molecule has 0 radical (unpaired) electrons. The van der Waals surface area contributed by atoms with Crippen LogP contribution in [-0.2, 0) is 0 Å². The zero-order valence-corrected chi connectivity index (χ0v) is 11.4. The van der Waals surface area contributed by atoms with Gasteiger partial charge in [0.05, 0.1) is 0 Å². The Morgan fingerprint density at radius 2 is 1.60 bits per heavy atom. The van der Waals surface area contributed by atoms with E-state index in [1.165, 1.54) is 38.8 Å². The lowest BCUT2D eigenvalue weighted by Crippen LogP contribution is -2.30. The third-order valence-electron chi connectivity index (χ3n) is 2.46. The Bertz CT molecular complexity index is 138. The number of hydrogen-bond donors (Lipinski definition) is 1. The highest BCUT2D eigenvalue weighted by atomic mass is 15.1. The topological polar surface area (TPSA) is 15.3 Å². The van der Waals surface area contributed by atoms with Gasteiger partial charge >= 0.3 is 0 Å². The Hall–Kier alpha value is -0.0800. The zero-order chi connectivity index (χ0) is 11.7. The molecule has 2 heteroatoms. The molecule has 0 fully saturated rings. The molecule has 0 unspecified atom stereocenters. The van der Waals surface area contributed by atoms with Crippen LogP contribution in [0.4, 0.5) is 0 Å². The van der Waals surface area contributed by atoms with Crippen molar-refractivity contribution in [1.82, 2.24) is 10.2 Å². The predicted molar refractivity (Wildman–Crippen MR) is 69.3 cm³/mol. The van der Waals surface area contributed by atoms with E-state index in [0.29, 0.717) is 5.41 Å². The Balaban J connectivity index is 3.28. The van der Waals surface area contributed by atoms with Crippen molar-refractivity contribution in [3.05, 3.63) is 0 Å². The van der Waals surface area contributed by atoms with E-state index in [1.807, 2.05) is 7.05 Å². The second-order valence-electron chi connectivity index (χ2n) is 5.82. The normalized spacial score (nSPS) is 12.4. The average molecular weight is 214 g/mol. The van der Waals surface area contributed by atoms with E-state index in [-0.39, 0.29) is 0 Å². The van der Waals surface area contributed by atoms with Gasteiger partial charge in [-0.05, 0) is 45.4 Å². The first-order valence-corrected chi connectivity index (χ1v) is 6.29. The largest absolute Gasteiger partial charge is 0.320 e. The lowest BCUT2D eigenvalue weighted by Gasteiger charge is -2.26. The molecule has 0 spiro atoms. The highest BCUT2D eigenvalue weighted by Gasteiger charge is 2.12. The third-order valence-corrected chi connectivity index (χ3v) is 2.46. The standard InChI is InChI=1S/C13H30N2/c1-13(2,3)12-15(5)11-9-7-6-8-10-14-4/h14H,6-12H2,1-5H3. The Morgan fingerprint density at radius 3 is 2.13 bits per heavy atom. The monoisotopic (exact) mass is 214 g/mol. The minimum atomic E-state index is 0.431. The molecule has 0 saturated carbocycles. The van der Waals surface area contributed by atoms with E-state index in [2.05, 4.69) is 38.0 Å². The van der Waals surface area contributed by atoms with Crippen molar-refractivity contribution in [2.24, 2.45) is 5.41 Å². The van der Waals surface area contributed by atoms with Gasteiger partial charge in [0.1, 0.15) is 0 Å². The maximum atomic E-state index is 3.19. The van der Waals surface area contributed by atoms with E-state index in [9.17, 15) is 0 Å². The maximum absolute atomic E-state index is 3.19.